The second-order valence-electron chi connectivity index (χ2n) is 8.82. The van der Waals surface area contributed by atoms with Crippen molar-refractivity contribution in [3.05, 3.63) is 23.8 Å². The van der Waals surface area contributed by atoms with Gasteiger partial charge < -0.3 is 9.47 Å². The molecule has 1 aromatic rings. The maximum atomic E-state index is 5.67. The van der Waals surface area contributed by atoms with Crippen LogP contribution in [0.25, 0.3) is 0 Å². The molecule has 0 N–H and O–H groups in total. The highest BCUT2D eigenvalue weighted by Crippen LogP contribution is 2.48. The minimum Gasteiger partial charge on any atom is -0.454 e. The summed E-state index contributed by atoms with van der Waals surface area (Å²) >= 11 is 0. The molecule has 0 spiro atoms. The molecule has 4 nitrogen and oxygen atoms in total. The van der Waals surface area contributed by atoms with Crippen molar-refractivity contribution < 1.29 is 9.47 Å². The van der Waals surface area contributed by atoms with Crippen molar-refractivity contribution >= 4 is 0 Å². The minimum absolute atomic E-state index is 0.373. The molecule has 0 radical (unpaired) electrons. The van der Waals surface area contributed by atoms with E-state index in [1.54, 1.807) is 0 Å². The minimum atomic E-state index is 0.373. The summed E-state index contributed by atoms with van der Waals surface area (Å²) in [4.78, 5) is 5.69. The van der Waals surface area contributed by atoms with Crippen molar-refractivity contribution in [3.63, 3.8) is 0 Å². The zero-order chi connectivity index (χ0) is 16.4. The second kappa shape index (κ2) is 5.62. The lowest BCUT2D eigenvalue weighted by Gasteiger charge is -2.52. The second-order valence-corrected chi connectivity index (χ2v) is 8.82. The Morgan fingerprint density at radius 2 is 1.80 bits per heavy atom. The summed E-state index contributed by atoms with van der Waals surface area (Å²) in [7, 11) is 0. The molecule has 7 rings (SSSR count). The molecule has 5 aliphatic heterocycles. The fraction of sp³-hybridized carbons (Fsp3) is 0.714. The summed E-state index contributed by atoms with van der Waals surface area (Å²) in [6, 6.07) is 8.19. The van der Waals surface area contributed by atoms with Crippen molar-refractivity contribution in [2.75, 3.05) is 33.0 Å². The first-order valence-corrected chi connectivity index (χ1v) is 10.2. The lowest BCUT2D eigenvalue weighted by atomic mass is 9.75. The third-order valence-corrected chi connectivity index (χ3v) is 7.64. The van der Waals surface area contributed by atoms with Gasteiger partial charge in [0.15, 0.2) is 11.5 Å². The van der Waals surface area contributed by atoms with E-state index in [1.165, 1.54) is 63.8 Å². The normalized spacial score (nSPS) is 39.4. The smallest absolute Gasteiger partial charge is 0.231 e. The van der Waals surface area contributed by atoms with Gasteiger partial charge in [-0.3, -0.25) is 9.80 Å². The largest absolute Gasteiger partial charge is 0.454 e. The van der Waals surface area contributed by atoms with Gasteiger partial charge in [0.1, 0.15) is 0 Å². The molecule has 134 valence electrons. The predicted octanol–water partition coefficient (Wildman–Crippen LogP) is 3.08. The van der Waals surface area contributed by atoms with Crippen LogP contribution in [0.5, 0.6) is 11.5 Å². The molecule has 2 bridgehead atoms. The van der Waals surface area contributed by atoms with E-state index in [1.807, 2.05) is 0 Å². The summed E-state index contributed by atoms with van der Waals surface area (Å²) < 4.78 is 11.2. The Kier molecular flexibility index (Phi) is 3.34. The van der Waals surface area contributed by atoms with Gasteiger partial charge in [0.2, 0.25) is 6.79 Å². The summed E-state index contributed by atoms with van der Waals surface area (Å²) in [5.41, 5.74) is 1.46. The molecule has 5 fully saturated rings. The molecule has 5 heterocycles. The van der Waals surface area contributed by atoms with Crippen LogP contribution in [0.1, 0.15) is 43.6 Å². The van der Waals surface area contributed by atoms with Crippen LogP contribution in [0, 0.1) is 11.8 Å². The maximum Gasteiger partial charge on any atom is 0.231 e. The highest BCUT2D eigenvalue weighted by molar-refractivity contribution is 5.46. The average molecular weight is 340 g/mol. The van der Waals surface area contributed by atoms with Crippen LogP contribution in [-0.4, -0.2) is 54.9 Å². The summed E-state index contributed by atoms with van der Waals surface area (Å²) in [5.74, 6) is 4.38. The molecule has 4 heteroatoms. The van der Waals surface area contributed by atoms with Gasteiger partial charge in [-0.05, 0) is 68.3 Å². The van der Waals surface area contributed by atoms with Crippen molar-refractivity contribution in [1.29, 1.82) is 0 Å². The van der Waals surface area contributed by atoms with E-state index < -0.39 is 0 Å². The third-order valence-electron chi connectivity index (χ3n) is 7.64. The summed E-state index contributed by atoms with van der Waals surface area (Å²) in [6.07, 6.45) is 7.19. The van der Waals surface area contributed by atoms with E-state index in [-0.39, 0.29) is 0 Å². The van der Waals surface area contributed by atoms with Crippen molar-refractivity contribution in [3.8, 4) is 11.5 Å². The Hall–Kier alpha value is -1.26. The molecule has 0 aromatic heterocycles. The first kappa shape index (κ1) is 14.9. The van der Waals surface area contributed by atoms with Crippen LogP contribution in [0.4, 0.5) is 0 Å². The number of ether oxygens (including phenoxy) is 2. The van der Waals surface area contributed by atoms with Crippen LogP contribution in [-0.2, 0) is 0 Å². The zero-order valence-corrected chi connectivity index (χ0v) is 14.9. The predicted molar refractivity (Wildman–Crippen MR) is 96.1 cm³/mol. The lowest BCUT2D eigenvalue weighted by molar-refractivity contribution is -0.0134. The molecule has 4 saturated heterocycles. The number of fused-ring (bicyclic) bond motifs is 3. The third kappa shape index (κ3) is 2.26. The Morgan fingerprint density at radius 1 is 0.960 bits per heavy atom. The quantitative estimate of drug-likeness (QED) is 0.844. The number of nitrogens with zero attached hydrogens (tertiary/aromatic N) is 2. The van der Waals surface area contributed by atoms with Gasteiger partial charge in [-0.15, -0.1) is 0 Å². The highest BCUT2D eigenvalue weighted by atomic mass is 16.7. The standard InChI is InChI=1S/C21H28N2O2/c1-2-14(3-1)11-23-12-17(16-4-5-18-19(10-16)25-13-24-18)21-20(23)15-6-8-22(21)9-7-15/h4-5,10,14-15,17,20-21H,1-3,6-9,11-13H2/t17-,20+,21+/m1/s1. The molecule has 0 unspecified atom stereocenters. The first-order valence-electron chi connectivity index (χ1n) is 10.2. The lowest BCUT2D eigenvalue weighted by Crippen LogP contribution is -2.60. The zero-order valence-electron chi connectivity index (χ0n) is 14.9. The van der Waals surface area contributed by atoms with Crippen molar-refractivity contribution in [2.45, 2.75) is 50.1 Å². The summed E-state index contributed by atoms with van der Waals surface area (Å²) in [5, 5.41) is 0. The van der Waals surface area contributed by atoms with Gasteiger partial charge in [-0.25, -0.2) is 0 Å². The van der Waals surface area contributed by atoms with Crippen molar-refractivity contribution in [2.24, 2.45) is 11.8 Å². The van der Waals surface area contributed by atoms with Gasteiger partial charge in [0.05, 0.1) is 0 Å². The Labute approximate surface area is 150 Å². The SMILES string of the molecule is c1cc2c(cc1[C@H]1CN(CC3CCC3)[C@H]3C4CCN(CC4)[C@@H]13)OCO2. The first-order chi connectivity index (χ1) is 12.4. The van der Waals surface area contributed by atoms with Crippen LogP contribution in [0.3, 0.4) is 0 Å². The van der Waals surface area contributed by atoms with Gasteiger partial charge >= 0.3 is 0 Å². The van der Waals surface area contributed by atoms with Gasteiger partial charge in [0, 0.05) is 31.1 Å². The fourth-order valence-corrected chi connectivity index (χ4v) is 6.19. The van der Waals surface area contributed by atoms with E-state index in [4.69, 9.17) is 9.47 Å². The number of rotatable bonds is 3. The number of benzene rings is 1. The molecule has 1 aliphatic carbocycles. The van der Waals surface area contributed by atoms with Crippen LogP contribution in [0.2, 0.25) is 0 Å². The number of hydrogen-bond acceptors (Lipinski definition) is 4. The van der Waals surface area contributed by atoms with E-state index >= 15 is 0 Å². The summed E-state index contributed by atoms with van der Waals surface area (Å²) in [6.45, 7) is 5.57. The van der Waals surface area contributed by atoms with Crippen LogP contribution in [0.15, 0.2) is 18.2 Å². The van der Waals surface area contributed by atoms with Gasteiger partial charge in [0.25, 0.3) is 0 Å². The van der Waals surface area contributed by atoms with Crippen LogP contribution >= 0.6 is 0 Å². The average Bonchev–Trinajstić information content (AvgIpc) is 3.24. The monoisotopic (exact) mass is 340 g/mol. The van der Waals surface area contributed by atoms with Gasteiger partial charge in [-0.1, -0.05) is 12.5 Å². The Morgan fingerprint density at radius 3 is 2.60 bits per heavy atom. The van der Waals surface area contributed by atoms with E-state index in [9.17, 15) is 0 Å². The van der Waals surface area contributed by atoms with E-state index in [0.717, 1.165) is 29.4 Å². The molecular formula is C21H28N2O2. The van der Waals surface area contributed by atoms with E-state index in [0.29, 0.717) is 18.8 Å². The molecule has 6 aliphatic rings. The molecule has 1 saturated carbocycles. The highest BCUT2D eigenvalue weighted by Gasteiger charge is 2.53. The number of piperidine rings is 3. The Bertz CT molecular complexity index is 666. The Balaban J connectivity index is 1.33. The molecule has 0 amide bonds. The van der Waals surface area contributed by atoms with Crippen molar-refractivity contribution in [1.82, 2.24) is 9.80 Å². The number of likely N-dealkylation sites (tertiary alicyclic amines) is 1. The van der Waals surface area contributed by atoms with Crippen LogP contribution < -0.4 is 9.47 Å². The topological polar surface area (TPSA) is 24.9 Å². The fourth-order valence-electron chi connectivity index (χ4n) is 6.19. The molecule has 3 atom stereocenters. The van der Waals surface area contributed by atoms with Gasteiger partial charge in [-0.2, -0.15) is 0 Å². The number of hydrogen-bond donors (Lipinski definition) is 0. The molecule has 1 aromatic carbocycles. The molecule has 25 heavy (non-hydrogen) atoms. The maximum absolute atomic E-state index is 5.67. The molecular weight excluding hydrogens is 312 g/mol. The van der Waals surface area contributed by atoms with E-state index in [2.05, 4.69) is 28.0 Å².